The quantitative estimate of drug-likeness (QED) is 0.379. The molecule has 0 bridgehead atoms. The van der Waals surface area contributed by atoms with Crippen LogP contribution >= 0.6 is 0 Å². The summed E-state index contributed by atoms with van der Waals surface area (Å²) in [5.41, 5.74) is 7.77. The summed E-state index contributed by atoms with van der Waals surface area (Å²) in [5, 5.41) is 2.61. The van der Waals surface area contributed by atoms with Crippen molar-refractivity contribution in [2.24, 2.45) is 0 Å². The monoisotopic (exact) mass is 350 g/mol. The Balaban J connectivity index is 1.68. The average molecular weight is 350 g/mol. The lowest BCUT2D eigenvalue weighted by atomic mass is 9.85. The lowest BCUT2D eigenvalue weighted by Crippen LogP contribution is -2.04. The Labute approximate surface area is 158 Å². The van der Waals surface area contributed by atoms with Crippen molar-refractivity contribution in [3.8, 4) is 0 Å². The molecule has 5 aromatic rings. The van der Waals surface area contributed by atoms with Gasteiger partial charge in [-0.2, -0.15) is 0 Å². The second kappa shape index (κ2) is 6.48. The molecule has 0 saturated carbocycles. The predicted octanol–water partition coefficient (Wildman–Crippen LogP) is 6.33. The number of para-hydroxylation sites is 2. The second-order valence-corrected chi connectivity index (χ2v) is 7.32. The number of nitrogens with one attached hydrogen (secondary N) is 2. The lowest BCUT2D eigenvalue weighted by Gasteiger charge is -2.17. The van der Waals surface area contributed by atoms with Crippen LogP contribution in [0.2, 0.25) is 0 Å². The lowest BCUT2D eigenvalue weighted by molar-refractivity contribution is 0.818. The van der Waals surface area contributed by atoms with E-state index in [0.29, 0.717) is 5.92 Å². The van der Waals surface area contributed by atoms with Gasteiger partial charge in [-0.1, -0.05) is 66.2 Å². The van der Waals surface area contributed by atoms with Gasteiger partial charge in [0.2, 0.25) is 0 Å². The van der Waals surface area contributed by atoms with Crippen LogP contribution in [0.15, 0.2) is 85.2 Å². The Hall–Kier alpha value is -3.26. The molecule has 2 heteroatoms. The first-order valence-corrected chi connectivity index (χ1v) is 9.47. The molecule has 0 radical (unpaired) electrons. The van der Waals surface area contributed by atoms with Crippen molar-refractivity contribution >= 4 is 21.8 Å². The maximum Gasteiger partial charge on any atom is 0.0457 e. The standard InChI is InChI=1S/C25H22N2/c1-17-10-12-18(13-11-17)14-21(22-15-26-24-8-4-2-6-19(22)24)23-16-27-25-9-5-3-7-20(23)25/h2-13,15-16,21,26-27H,14H2,1H3. The minimum atomic E-state index is 0.292. The van der Waals surface area contributed by atoms with Gasteiger partial charge in [-0.15, -0.1) is 0 Å². The molecule has 2 heterocycles. The normalized spacial score (nSPS) is 11.6. The molecule has 2 aromatic heterocycles. The Kier molecular flexibility index (Phi) is 3.83. The molecule has 5 rings (SSSR count). The number of aromatic nitrogens is 2. The van der Waals surface area contributed by atoms with E-state index < -0.39 is 0 Å². The Morgan fingerprint density at radius 1 is 0.667 bits per heavy atom. The fourth-order valence-electron chi connectivity index (χ4n) is 4.11. The van der Waals surface area contributed by atoms with Crippen LogP contribution in [0.1, 0.15) is 28.2 Å². The van der Waals surface area contributed by atoms with Gasteiger partial charge in [0, 0.05) is 40.1 Å². The van der Waals surface area contributed by atoms with E-state index in [0.717, 1.165) is 6.42 Å². The Morgan fingerprint density at radius 2 is 1.19 bits per heavy atom. The first-order valence-electron chi connectivity index (χ1n) is 9.47. The summed E-state index contributed by atoms with van der Waals surface area (Å²) in [4.78, 5) is 6.93. The molecule has 0 unspecified atom stereocenters. The third-order valence-electron chi connectivity index (χ3n) is 5.55. The Bertz CT molecular complexity index is 1130. The van der Waals surface area contributed by atoms with E-state index in [2.05, 4.69) is 102 Å². The molecule has 3 aromatic carbocycles. The van der Waals surface area contributed by atoms with Gasteiger partial charge in [0.05, 0.1) is 0 Å². The van der Waals surface area contributed by atoms with E-state index in [-0.39, 0.29) is 0 Å². The zero-order chi connectivity index (χ0) is 18.2. The van der Waals surface area contributed by atoms with Crippen molar-refractivity contribution in [1.29, 1.82) is 0 Å². The molecule has 0 aliphatic carbocycles. The van der Waals surface area contributed by atoms with Gasteiger partial charge in [-0.05, 0) is 42.2 Å². The average Bonchev–Trinajstić information content (AvgIpc) is 3.32. The van der Waals surface area contributed by atoms with E-state index in [9.17, 15) is 0 Å². The summed E-state index contributed by atoms with van der Waals surface area (Å²) in [6.45, 7) is 2.14. The number of aryl methyl sites for hydroxylation is 1. The first-order chi connectivity index (χ1) is 13.3. The van der Waals surface area contributed by atoms with Gasteiger partial charge < -0.3 is 9.97 Å². The molecule has 0 aliphatic rings. The SMILES string of the molecule is Cc1ccc(CC(c2c[nH]c3ccccc23)c2c[nH]c3ccccc23)cc1. The summed E-state index contributed by atoms with van der Waals surface area (Å²) in [5.74, 6) is 0.292. The van der Waals surface area contributed by atoms with E-state index in [1.165, 1.54) is 44.1 Å². The highest BCUT2D eigenvalue weighted by molar-refractivity contribution is 5.88. The molecule has 27 heavy (non-hydrogen) atoms. The number of hydrogen-bond donors (Lipinski definition) is 2. The van der Waals surface area contributed by atoms with Crippen molar-refractivity contribution < 1.29 is 0 Å². The van der Waals surface area contributed by atoms with Crippen molar-refractivity contribution in [2.75, 3.05) is 0 Å². The zero-order valence-corrected chi connectivity index (χ0v) is 15.4. The largest absolute Gasteiger partial charge is 0.361 e. The van der Waals surface area contributed by atoms with Crippen LogP contribution in [0.4, 0.5) is 0 Å². The number of fused-ring (bicyclic) bond motifs is 2. The fourth-order valence-corrected chi connectivity index (χ4v) is 4.11. The van der Waals surface area contributed by atoms with Crippen LogP contribution < -0.4 is 0 Å². The van der Waals surface area contributed by atoms with E-state index in [1.54, 1.807) is 0 Å². The van der Waals surface area contributed by atoms with Crippen molar-refractivity contribution in [2.45, 2.75) is 19.3 Å². The third-order valence-corrected chi connectivity index (χ3v) is 5.55. The molecule has 2 N–H and O–H groups in total. The zero-order valence-electron chi connectivity index (χ0n) is 15.4. The van der Waals surface area contributed by atoms with Gasteiger partial charge in [0.15, 0.2) is 0 Å². The minimum Gasteiger partial charge on any atom is -0.361 e. The van der Waals surface area contributed by atoms with E-state index >= 15 is 0 Å². The molecule has 2 nitrogen and oxygen atoms in total. The molecule has 0 saturated heterocycles. The molecule has 0 spiro atoms. The van der Waals surface area contributed by atoms with Gasteiger partial charge in [-0.25, -0.2) is 0 Å². The predicted molar refractivity (Wildman–Crippen MR) is 113 cm³/mol. The van der Waals surface area contributed by atoms with Gasteiger partial charge in [0.1, 0.15) is 0 Å². The number of benzene rings is 3. The number of aromatic amines is 2. The van der Waals surface area contributed by atoms with Gasteiger partial charge >= 0.3 is 0 Å². The van der Waals surface area contributed by atoms with Crippen LogP contribution in [-0.2, 0) is 6.42 Å². The number of rotatable bonds is 4. The Morgan fingerprint density at radius 3 is 1.74 bits per heavy atom. The van der Waals surface area contributed by atoms with Gasteiger partial charge in [-0.3, -0.25) is 0 Å². The molecule has 132 valence electrons. The molecular weight excluding hydrogens is 328 g/mol. The highest BCUT2D eigenvalue weighted by Crippen LogP contribution is 2.37. The van der Waals surface area contributed by atoms with Crippen LogP contribution in [-0.4, -0.2) is 9.97 Å². The summed E-state index contributed by atoms with van der Waals surface area (Å²) in [6.07, 6.45) is 5.35. The summed E-state index contributed by atoms with van der Waals surface area (Å²) in [7, 11) is 0. The maximum absolute atomic E-state index is 3.46. The van der Waals surface area contributed by atoms with Crippen LogP contribution in [0.25, 0.3) is 21.8 Å². The van der Waals surface area contributed by atoms with Crippen LogP contribution in [0.3, 0.4) is 0 Å². The van der Waals surface area contributed by atoms with Gasteiger partial charge in [0.25, 0.3) is 0 Å². The molecule has 0 amide bonds. The number of hydrogen-bond acceptors (Lipinski definition) is 0. The van der Waals surface area contributed by atoms with E-state index in [1.807, 2.05) is 0 Å². The third kappa shape index (κ3) is 2.83. The van der Waals surface area contributed by atoms with Crippen LogP contribution in [0, 0.1) is 6.92 Å². The molecule has 0 aliphatic heterocycles. The summed E-state index contributed by atoms with van der Waals surface area (Å²) in [6, 6.07) is 26.1. The minimum absolute atomic E-state index is 0.292. The highest BCUT2D eigenvalue weighted by atomic mass is 14.7. The second-order valence-electron chi connectivity index (χ2n) is 7.32. The van der Waals surface area contributed by atoms with Crippen molar-refractivity contribution in [3.05, 3.63) is 107 Å². The van der Waals surface area contributed by atoms with Crippen molar-refractivity contribution in [1.82, 2.24) is 9.97 Å². The molecular formula is C25H22N2. The smallest absolute Gasteiger partial charge is 0.0457 e. The summed E-state index contributed by atoms with van der Waals surface area (Å²) >= 11 is 0. The highest BCUT2D eigenvalue weighted by Gasteiger charge is 2.21. The fraction of sp³-hybridized carbons (Fsp3) is 0.120. The number of H-pyrrole nitrogens is 2. The summed E-state index contributed by atoms with van der Waals surface area (Å²) < 4.78 is 0. The first kappa shape index (κ1) is 16.0. The van der Waals surface area contributed by atoms with Crippen molar-refractivity contribution in [3.63, 3.8) is 0 Å². The topological polar surface area (TPSA) is 31.6 Å². The molecule has 0 fully saturated rings. The van der Waals surface area contributed by atoms with Crippen LogP contribution in [0.5, 0.6) is 0 Å². The van der Waals surface area contributed by atoms with E-state index in [4.69, 9.17) is 0 Å². The molecule has 0 atom stereocenters. The maximum atomic E-state index is 3.46.